The molecule has 0 aliphatic heterocycles. The average molecular weight is 393 g/mol. The molecule has 1 amide bonds. The fourth-order valence-electron chi connectivity index (χ4n) is 2.39. The first kappa shape index (κ1) is 19.3. The SMILES string of the molecule is Cc1cccc(C(=O)Oc2ccc(/C=N\NC(=O)c3ccc(Cl)cc3)cc2)c1. The van der Waals surface area contributed by atoms with Gasteiger partial charge in [-0.25, -0.2) is 10.2 Å². The lowest BCUT2D eigenvalue weighted by Crippen LogP contribution is -2.17. The Hall–Kier alpha value is -3.44. The van der Waals surface area contributed by atoms with Crippen molar-refractivity contribution < 1.29 is 14.3 Å². The van der Waals surface area contributed by atoms with E-state index in [9.17, 15) is 9.59 Å². The molecule has 0 aliphatic rings. The quantitative estimate of drug-likeness (QED) is 0.298. The second-order valence-corrected chi connectivity index (χ2v) is 6.47. The van der Waals surface area contributed by atoms with Gasteiger partial charge in [-0.15, -0.1) is 0 Å². The highest BCUT2D eigenvalue weighted by Gasteiger charge is 2.08. The number of hydrogen-bond donors (Lipinski definition) is 1. The third kappa shape index (κ3) is 5.28. The first-order valence-corrected chi connectivity index (χ1v) is 8.87. The molecule has 0 aromatic heterocycles. The van der Waals surface area contributed by atoms with Crippen LogP contribution in [0.15, 0.2) is 77.9 Å². The molecule has 0 radical (unpaired) electrons. The summed E-state index contributed by atoms with van der Waals surface area (Å²) in [4.78, 5) is 24.1. The number of benzene rings is 3. The van der Waals surface area contributed by atoms with E-state index in [0.29, 0.717) is 21.9 Å². The van der Waals surface area contributed by atoms with Crippen LogP contribution < -0.4 is 10.2 Å². The predicted molar refractivity (Wildman–Crippen MR) is 109 cm³/mol. The van der Waals surface area contributed by atoms with E-state index in [1.165, 1.54) is 6.21 Å². The minimum Gasteiger partial charge on any atom is -0.423 e. The van der Waals surface area contributed by atoms with E-state index in [1.54, 1.807) is 60.7 Å². The molecular formula is C22H17ClN2O3. The largest absolute Gasteiger partial charge is 0.423 e. The van der Waals surface area contributed by atoms with Crippen LogP contribution in [-0.4, -0.2) is 18.1 Å². The van der Waals surface area contributed by atoms with Crippen molar-refractivity contribution in [2.75, 3.05) is 0 Å². The summed E-state index contributed by atoms with van der Waals surface area (Å²) in [6.07, 6.45) is 1.50. The van der Waals surface area contributed by atoms with E-state index in [1.807, 2.05) is 19.1 Å². The van der Waals surface area contributed by atoms with E-state index in [0.717, 1.165) is 11.1 Å². The Kier molecular flexibility index (Phi) is 6.19. The maximum atomic E-state index is 12.1. The summed E-state index contributed by atoms with van der Waals surface area (Å²) in [7, 11) is 0. The molecule has 3 rings (SSSR count). The third-order valence-corrected chi connectivity index (χ3v) is 4.08. The molecule has 6 heteroatoms. The molecule has 5 nitrogen and oxygen atoms in total. The molecule has 0 heterocycles. The Morgan fingerprint density at radius 2 is 1.68 bits per heavy atom. The molecule has 0 saturated heterocycles. The molecular weight excluding hydrogens is 376 g/mol. The van der Waals surface area contributed by atoms with Gasteiger partial charge in [0.25, 0.3) is 5.91 Å². The molecule has 0 fully saturated rings. The molecule has 0 aliphatic carbocycles. The molecule has 0 bridgehead atoms. The summed E-state index contributed by atoms with van der Waals surface area (Å²) in [5.41, 5.74) is 5.13. The molecule has 0 atom stereocenters. The molecule has 1 N–H and O–H groups in total. The van der Waals surface area contributed by atoms with E-state index < -0.39 is 5.97 Å². The minimum atomic E-state index is -0.416. The summed E-state index contributed by atoms with van der Waals surface area (Å²) in [5, 5.41) is 4.48. The zero-order valence-corrected chi connectivity index (χ0v) is 15.8. The van der Waals surface area contributed by atoms with E-state index >= 15 is 0 Å². The summed E-state index contributed by atoms with van der Waals surface area (Å²) >= 11 is 5.79. The van der Waals surface area contributed by atoms with Crippen LogP contribution in [0, 0.1) is 6.92 Å². The first-order chi connectivity index (χ1) is 13.5. The normalized spacial score (nSPS) is 10.6. The van der Waals surface area contributed by atoms with Crippen LogP contribution in [0.1, 0.15) is 31.8 Å². The van der Waals surface area contributed by atoms with Gasteiger partial charge in [0.1, 0.15) is 5.75 Å². The average Bonchev–Trinajstić information content (AvgIpc) is 2.69. The van der Waals surface area contributed by atoms with Crippen molar-refractivity contribution in [2.24, 2.45) is 5.10 Å². The number of hydrogen-bond acceptors (Lipinski definition) is 4. The van der Waals surface area contributed by atoms with E-state index in [4.69, 9.17) is 16.3 Å². The van der Waals surface area contributed by atoms with Gasteiger partial charge in [-0.3, -0.25) is 4.79 Å². The van der Waals surface area contributed by atoms with Crippen molar-refractivity contribution in [3.05, 3.63) is 100 Å². The number of carbonyl (C=O) groups is 2. The van der Waals surface area contributed by atoms with Gasteiger partial charge >= 0.3 is 5.97 Å². The Balaban J connectivity index is 1.56. The standard InChI is InChI=1S/C22H17ClN2O3/c1-15-3-2-4-18(13-15)22(27)28-20-11-5-16(6-12-20)14-24-25-21(26)17-7-9-19(23)10-8-17/h2-14H,1H3,(H,25,26)/b24-14-. The van der Waals surface area contributed by atoms with Gasteiger partial charge in [-0.1, -0.05) is 29.3 Å². The third-order valence-electron chi connectivity index (χ3n) is 3.83. The number of rotatable bonds is 5. The van der Waals surface area contributed by atoms with E-state index in [-0.39, 0.29) is 5.91 Å². The second-order valence-electron chi connectivity index (χ2n) is 6.03. The zero-order valence-electron chi connectivity index (χ0n) is 15.1. The zero-order chi connectivity index (χ0) is 19.9. The van der Waals surface area contributed by atoms with Crippen LogP contribution in [0.4, 0.5) is 0 Å². The van der Waals surface area contributed by atoms with Gasteiger partial charge in [0.15, 0.2) is 0 Å². The Bertz CT molecular complexity index is 1010. The van der Waals surface area contributed by atoms with Crippen molar-refractivity contribution in [1.82, 2.24) is 5.43 Å². The van der Waals surface area contributed by atoms with Crippen molar-refractivity contribution in [3.63, 3.8) is 0 Å². The van der Waals surface area contributed by atoms with Crippen molar-refractivity contribution in [2.45, 2.75) is 6.92 Å². The van der Waals surface area contributed by atoms with Crippen molar-refractivity contribution >= 4 is 29.7 Å². The summed E-state index contributed by atoms with van der Waals surface area (Å²) < 4.78 is 5.36. The Morgan fingerprint density at radius 3 is 2.36 bits per heavy atom. The highest BCUT2D eigenvalue weighted by molar-refractivity contribution is 6.30. The number of carbonyl (C=O) groups excluding carboxylic acids is 2. The number of hydrazone groups is 1. The number of nitrogens with zero attached hydrogens (tertiary/aromatic N) is 1. The maximum absolute atomic E-state index is 12.1. The highest BCUT2D eigenvalue weighted by Crippen LogP contribution is 2.14. The van der Waals surface area contributed by atoms with Crippen LogP contribution in [0.3, 0.4) is 0 Å². The molecule has 0 saturated carbocycles. The molecule has 0 spiro atoms. The van der Waals surface area contributed by atoms with Crippen LogP contribution in [-0.2, 0) is 0 Å². The van der Waals surface area contributed by atoms with Crippen LogP contribution in [0.2, 0.25) is 5.02 Å². The van der Waals surface area contributed by atoms with Gasteiger partial charge in [0.05, 0.1) is 11.8 Å². The lowest BCUT2D eigenvalue weighted by atomic mass is 10.1. The number of amides is 1. The van der Waals surface area contributed by atoms with Crippen LogP contribution in [0.5, 0.6) is 5.75 Å². The lowest BCUT2D eigenvalue weighted by Gasteiger charge is -2.05. The van der Waals surface area contributed by atoms with Gasteiger partial charge in [0.2, 0.25) is 0 Å². The lowest BCUT2D eigenvalue weighted by molar-refractivity contribution is 0.0734. The van der Waals surface area contributed by atoms with Crippen molar-refractivity contribution in [3.8, 4) is 5.75 Å². The number of halogens is 1. The smallest absolute Gasteiger partial charge is 0.343 e. The van der Waals surface area contributed by atoms with E-state index in [2.05, 4.69) is 10.5 Å². The van der Waals surface area contributed by atoms with Gasteiger partial charge in [0, 0.05) is 10.6 Å². The van der Waals surface area contributed by atoms with Crippen LogP contribution in [0.25, 0.3) is 0 Å². The fourth-order valence-corrected chi connectivity index (χ4v) is 2.52. The second kappa shape index (κ2) is 8.97. The Labute approximate surface area is 167 Å². The molecule has 0 unspecified atom stereocenters. The molecule has 28 heavy (non-hydrogen) atoms. The summed E-state index contributed by atoms with van der Waals surface area (Å²) in [6, 6.07) is 20.5. The summed E-state index contributed by atoms with van der Waals surface area (Å²) in [6.45, 7) is 1.91. The maximum Gasteiger partial charge on any atom is 0.343 e. The molecule has 3 aromatic rings. The first-order valence-electron chi connectivity index (χ1n) is 8.49. The van der Waals surface area contributed by atoms with Gasteiger partial charge in [-0.05, 0) is 73.2 Å². The Morgan fingerprint density at radius 1 is 0.964 bits per heavy atom. The molecule has 3 aromatic carbocycles. The van der Waals surface area contributed by atoms with Crippen molar-refractivity contribution in [1.29, 1.82) is 0 Å². The highest BCUT2D eigenvalue weighted by atomic mass is 35.5. The molecule has 140 valence electrons. The summed E-state index contributed by atoms with van der Waals surface area (Å²) in [5.74, 6) is -0.328. The number of nitrogens with one attached hydrogen (secondary N) is 1. The van der Waals surface area contributed by atoms with Gasteiger partial charge < -0.3 is 4.74 Å². The topological polar surface area (TPSA) is 67.8 Å². The number of esters is 1. The number of ether oxygens (including phenoxy) is 1. The van der Waals surface area contributed by atoms with Gasteiger partial charge in [-0.2, -0.15) is 5.10 Å². The predicted octanol–water partition coefficient (Wildman–Crippen LogP) is 4.63. The monoisotopic (exact) mass is 392 g/mol. The fraction of sp³-hybridized carbons (Fsp3) is 0.0455. The number of aryl methyl sites for hydroxylation is 1. The van der Waals surface area contributed by atoms with Crippen LogP contribution >= 0.6 is 11.6 Å². The minimum absolute atomic E-state index is 0.336.